The molecule has 0 aromatic heterocycles. The van der Waals surface area contributed by atoms with Crippen LogP contribution in [0.3, 0.4) is 0 Å². The van der Waals surface area contributed by atoms with Gasteiger partial charge in [0.25, 0.3) is 5.91 Å². The number of nitrogens with one attached hydrogen (secondary N) is 1. The summed E-state index contributed by atoms with van der Waals surface area (Å²) in [5.74, 6) is -1.80. The molecule has 3 atom stereocenters. The number of ketones is 1. The highest BCUT2D eigenvalue weighted by Crippen LogP contribution is 2.55. The highest BCUT2D eigenvalue weighted by Gasteiger charge is 2.40. The Labute approximate surface area is 291 Å². The minimum Gasteiger partial charge on any atom is -0.349 e. The van der Waals surface area contributed by atoms with Crippen molar-refractivity contribution < 1.29 is 41.9 Å². The maximum atomic E-state index is 14.3. The minimum absolute atomic E-state index is 0.0250. The van der Waals surface area contributed by atoms with Gasteiger partial charge in [-0.25, -0.2) is 0 Å². The third kappa shape index (κ3) is 7.81. The van der Waals surface area contributed by atoms with E-state index in [0.717, 1.165) is 12.1 Å². The fourth-order valence-corrected chi connectivity index (χ4v) is 7.72. The van der Waals surface area contributed by atoms with Crippen LogP contribution in [0.25, 0.3) is 27.6 Å². The average molecular weight is 715 g/mol. The maximum Gasteiger partial charge on any atom is 0.416 e. The summed E-state index contributed by atoms with van der Waals surface area (Å²) in [6.07, 6.45) is -0.943. The van der Waals surface area contributed by atoms with Crippen molar-refractivity contribution in [2.24, 2.45) is 0 Å². The van der Waals surface area contributed by atoms with Crippen molar-refractivity contribution in [3.05, 3.63) is 137 Å². The van der Waals surface area contributed by atoms with Crippen LogP contribution in [0.15, 0.2) is 109 Å². The van der Waals surface area contributed by atoms with Gasteiger partial charge in [0.05, 0.1) is 11.1 Å². The number of carbonyl (C=O) groups is 3. The molecule has 1 aliphatic heterocycles. The van der Waals surface area contributed by atoms with E-state index >= 15 is 0 Å². The molecular formula is C39H34F3N2O6P. The van der Waals surface area contributed by atoms with Crippen LogP contribution in [0.5, 0.6) is 0 Å². The summed E-state index contributed by atoms with van der Waals surface area (Å²) in [7, 11) is -5.10. The molecule has 0 bridgehead atoms. The van der Waals surface area contributed by atoms with Crippen LogP contribution in [0.4, 0.5) is 13.2 Å². The fraction of sp³-hybridized carbons (Fsp3) is 0.205. The molecule has 0 spiro atoms. The van der Waals surface area contributed by atoms with E-state index in [9.17, 15) is 41.9 Å². The van der Waals surface area contributed by atoms with Gasteiger partial charge in [-0.3, -0.25) is 18.9 Å². The number of hydrogen-bond donors (Lipinski definition) is 3. The average Bonchev–Trinajstić information content (AvgIpc) is 3.09. The molecule has 0 saturated carbocycles. The van der Waals surface area contributed by atoms with E-state index in [4.69, 9.17) is 0 Å². The number of likely N-dealkylation sites (tertiary alicyclic amines) is 1. The van der Waals surface area contributed by atoms with E-state index in [0.29, 0.717) is 39.9 Å². The predicted octanol–water partition coefficient (Wildman–Crippen LogP) is 7.94. The lowest BCUT2D eigenvalue weighted by molar-refractivity contribution is -0.137. The van der Waals surface area contributed by atoms with Gasteiger partial charge in [0, 0.05) is 30.3 Å². The highest BCUT2D eigenvalue weighted by atomic mass is 31.2. The lowest BCUT2D eigenvalue weighted by atomic mass is 9.92. The van der Waals surface area contributed by atoms with Crippen LogP contribution in [0.1, 0.15) is 62.8 Å². The van der Waals surface area contributed by atoms with Gasteiger partial charge >= 0.3 is 13.8 Å². The zero-order valence-electron chi connectivity index (χ0n) is 27.4. The molecule has 0 aliphatic carbocycles. The second-order valence-electron chi connectivity index (χ2n) is 12.7. The second kappa shape index (κ2) is 14.3. The van der Waals surface area contributed by atoms with Crippen LogP contribution < -0.4 is 5.32 Å². The molecule has 8 nitrogen and oxygen atoms in total. The maximum absolute atomic E-state index is 14.3. The highest BCUT2D eigenvalue weighted by molar-refractivity contribution is 7.53. The van der Waals surface area contributed by atoms with Crippen molar-refractivity contribution in [1.82, 2.24) is 10.2 Å². The number of Topliss-reactive ketones (excluding diaryl/α,β-unsaturated/α-hetero) is 1. The van der Waals surface area contributed by atoms with E-state index in [1.807, 2.05) is 6.92 Å². The molecule has 3 N–H and O–H groups in total. The van der Waals surface area contributed by atoms with Crippen LogP contribution in [0.2, 0.25) is 0 Å². The van der Waals surface area contributed by atoms with Gasteiger partial charge in [-0.1, -0.05) is 78.9 Å². The summed E-state index contributed by atoms with van der Waals surface area (Å²) < 4.78 is 51.7. The molecule has 2 amide bonds. The molecule has 12 heteroatoms. The summed E-state index contributed by atoms with van der Waals surface area (Å²) in [6, 6.07) is 25.8. The summed E-state index contributed by atoms with van der Waals surface area (Å²) >= 11 is 0. The lowest BCUT2D eigenvalue weighted by Crippen LogP contribution is -2.50. The first-order valence-electron chi connectivity index (χ1n) is 16.3. The van der Waals surface area contributed by atoms with Crippen molar-refractivity contribution in [2.75, 3.05) is 6.54 Å². The van der Waals surface area contributed by atoms with Gasteiger partial charge < -0.3 is 20.0 Å². The Morgan fingerprint density at radius 2 is 1.47 bits per heavy atom. The number of hydrogen-bond acceptors (Lipinski definition) is 4. The topological polar surface area (TPSA) is 124 Å². The summed E-state index contributed by atoms with van der Waals surface area (Å²) in [5.41, 5.74) is -2.20. The van der Waals surface area contributed by atoms with Crippen molar-refractivity contribution in [1.29, 1.82) is 0 Å². The molecule has 1 heterocycles. The van der Waals surface area contributed by atoms with Gasteiger partial charge in [0.2, 0.25) is 5.91 Å². The number of carbonyl (C=O) groups excluding carboxylic acids is 3. The smallest absolute Gasteiger partial charge is 0.349 e. The number of rotatable bonds is 8. The van der Waals surface area contributed by atoms with Crippen molar-refractivity contribution in [3.63, 3.8) is 0 Å². The Hall–Kier alpha value is -5.09. The molecule has 0 radical (unpaired) electrons. The number of halogens is 3. The molecule has 1 aliphatic rings. The third-order valence-corrected chi connectivity index (χ3v) is 10.4. The minimum atomic E-state index is -5.10. The van der Waals surface area contributed by atoms with Gasteiger partial charge in [-0.05, 0) is 82.8 Å². The zero-order chi connectivity index (χ0) is 36.5. The van der Waals surface area contributed by atoms with E-state index < -0.39 is 36.7 Å². The molecule has 6 rings (SSSR count). The van der Waals surface area contributed by atoms with Gasteiger partial charge in [-0.2, -0.15) is 13.2 Å². The Balaban J connectivity index is 1.23. The summed E-state index contributed by atoms with van der Waals surface area (Å²) in [6.45, 7) is 2.11. The first-order chi connectivity index (χ1) is 24.2. The first kappa shape index (κ1) is 35.7. The van der Waals surface area contributed by atoms with Gasteiger partial charge in [-0.15, -0.1) is 0 Å². The van der Waals surface area contributed by atoms with Crippen molar-refractivity contribution in [2.45, 2.75) is 43.7 Å². The Morgan fingerprint density at radius 3 is 2.10 bits per heavy atom. The molecule has 1 saturated heterocycles. The van der Waals surface area contributed by atoms with E-state index in [-0.39, 0.29) is 41.2 Å². The lowest BCUT2D eigenvalue weighted by Gasteiger charge is -2.37. The Morgan fingerprint density at radius 1 is 0.863 bits per heavy atom. The Kier molecular flexibility index (Phi) is 9.99. The third-order valence-electron chi connectivity index (χ3n) is 9.25. The number of alkyl halides is 3. The van der Waals surface area contributed by atoms with E-state index in [2.05, 4.69) is 5.32 Å². The van der Waals surface area contributed by atoms with Crippen LogP contribution in [-0.4, -0.2) is 50.9 Å². The van der Waals surface area contributed by atoms with Crippen molar-refractivity contribution >= 4 is 52.8 Å². The van der Waals surface area contributed by atoms with Crippen molar-refractivity contribution in [3.8, 4) is 0 Å². The number of fused-ring (bicyclic) bond motifs is 2. The van der Waals surface area contributed by atoms with Crippen LogP contribution in [0, 0.1) is 0 Å². The first-order valence-corrected chi connectivity index (χ1v) is 18.0. The standard InChI is InChI=1S/C39H34F3N2O6P/c1-24-21-30(19-20-44(24)35(45)18-15-25-13-16-29(17-14-25)39(40,41)42)43-38(47)34-23-28-9-3-2-8-27(28)22-33(34)36(46)37(51(48,49)50)32-12-6-10-26-7-4-5-11-31(26)32/h2-18,22-24,30,37H,19-21H2,1H3,(H,43,47)(H2,48,49,50). The summed E-state index contributed by atoms with van der Waals surface area (Å²) in [5, 5.41) is 5.46. The summed E-state index contributed by atoms with van der Waals surface area (Å²) in [4.78, 5) is 64.1. The second-order valence-corrected chi connectivity index (χ2v) is 14.4. The van der Waals surface area contributed by atoms with Crippen LogP contribution >= 0.6 is 7.60 Å². The SMILES string of the molecule is CC1CC(NC(=O)c2cc3ccccc3cc2C(=O)C(c2cccc3ccccc23)P(=O)(O)O)CCN1C(=O)C=Cc1ccc(C(F)(F)F)cc1. The normalized spacial score (nSPS) is 17.5. The molecule has 5 aromatic rings. The Bertz CT molecular complexity index is 2210. The number of nitrogens with zero attached hydrogens (tertiary/aromatic N) is 1. The fourth-order valence-electron chi connectivity index (χ4n) is 6.68. The molecule has 262 valence electrons. The molecule has 5 aromatic carbocycles. The van der Waals surface area contributed by atoms with E-state index in [1.165, 1.54) is 36.4 Å². The largest absolute Gasteiger partial charge is 0.416 e. The molecule has 1 fully saturated rings. The van der Waals surface area contributed by atoms with E-state index in [1.54, 1.807) is 71.6 Å². The quantitative estimate of drug-likeness (QED) is 0.0852. The van der Waals surface area contributed by atoms with Gasteiger partial charge in [0.1, 0.15) is 5.66 Å². The van der Waals surface area contributed by atoms with Gasteiger partial charge in [0.15, 0.2) is 5.78 Å². The monoisotopic (exact) mass is 714 g/mol. The van der Waals surface area contributed by atoms with Crippen LogP contribution in [-0.2, 0) is 15.5 Å². The molecule has 3 unspecified atom stereocenters. The molecule has 51 heavy (non-hydrogen) atoms. The number of amides is 2. The predicted molar refractivity (Wildman–Crippen MR) is 189 cm³/mol. The zero-order valence-corrected chi connectivity index (χ0v) is 28.3. The number of benzene rings is 5. The molecular weight excluding hydrogens is 680 g/mol. The number of piperidine rings is 1.